The summed E-state index contributed by atoms with van der Waals surface area (Å²) in [6.07, 6.45) is 5.98. The Labute approximate surface area is 115 Å². The molecular formula is C14H26N2O3. The van der Waals surface area contributed by atoms with E-state index in [1.54, 1.807) is 0 Å². The first-order valence-corrected chi connectivity index (χ1v) is 7.48. The predicted molar refractivity (Wildman–Crippen MR) is 72.7 cm³/mol. The Morgan fingerprint density at radius 2 is 2.05 bits per heavy atom. The van der Waals surface area contributed by atoms with Crippen LogP contribution < -0.4 is 11.1 Å². The van der Waals surface area contributed by atoms with E-state index in [9.17, 15) is 4.79 Å². The maximum absolute atomic E-state index is 11.8. The molecule has 110 valence electrons. The predicted octanol–water partition coefficient (Wildman–Crippen LogP) is 0.816. The molecule has 1 aliphatic heterocycles. The first kappa shape index (κ1) is 14.8. The lowest BCUT2D eigenvalue weighted by atomic mass is 10.0. The van der Waals surface area contributed by atoms with Gasteiger partial charge < -0.3 is 20.5 Å². The van der Waals surface area contributed by atoms with Crippen LogP contribution in [0, 0.1) is 5.92 Å². The Morgan fingerprint density at radius 3 is 2.79 bits per heavy atom. The highest BCUT2D eigenvalue weighted by molar-refractivity contribution is 5.76. The fraction of sp³-hybridized carbons (Fsp3) is 0.929. The third-order valence-corrected chi connectivity index (χ3v) is 4.16. The quantitative estimate of drug-likeness (QED) is 0.749. The van der Waals surface area contributed by atoms with Crippen molar-refractivity contribution in [3.63, 3.8) is 0 Å². The number of rotatable bonds is 6. The number of amides is 1. The largest absolute Gasteiger partial charge is 0.381 e. The standard InChI is InChI=1S/C14H26N2O3/c15-10-11-2-1-3-13(11)16-14(17)6-9-19-12-4-7-18-8-5-12/h11-13H,1-10,15H2,(H,16,17). The lowest BCUT2D eigenvalue weighted by Gasteiger charge is -2.23. The van der Waals surface area contributed by atoms with Crippen LogP contribution in [-0.4, -0.2) is 44.4 Å². The van der Waals surface area contributed by atoms with E-state index in [-0.39, 0.29) is 18.1 Å². The van der Waals surface area contributed by atoms with Gasteiger partial charge in [-0.15, -0.1) is 0 Å². The second-order valence-corrected chi connectivity index (χ2v) is 5.53. The van der Waals surface area contributed by atoms with Gasteiger partial charge in [-0.2, -0.15) is 0 Å². The summed E-state index contributed by atoms with van der Waals surface area (Å²) in [5.41, 5.74) is 5.71. The van der Waals surface area contributed by atoms with Crippen LogP contribution in [0.25, 0.3) is 0 Å². The minimum atomic E-state index is 0.0948. The molecule has 1 heterocycles. The van der Waals surface area contributed by atoms with Gasteiger partial charge in [-0.3, -0.25) is 4.79 Å². The van der Waals surface area contributed by atoms with E-state index in [1.165, 1.54) is 6.42 Å². The monoisotopic (exact) mass is 270 g/mol. The molecule has 0 bridgehead atoms. The van der Waals surface area contributed by atoms with Crippen molar-refractivity contribution in [1.29, 1.82) is 0 Å². The summed E-state index contributed by atoms with van der Waals surface area (Å²) >= 11 is 0. The number of nitrogens with one attached hydrogen (secondary N) is 1. The zero-order valence-corrected chi connectivity index (χ0v) is 11.6. The molecule has 1 amide bonds. The zero-order valence-electron chi connectivity index (χ0n) is 11.6. The molecule has 5 nitrogen and oxygen atoms in total. The van der Waals surface area contributed by atoms with Crippen molar-refractivity contribution in [1.82, 2.24) is 5.32 Å². The molecule has 1 saturated carbocycles. The van der Waals surface area contributed by atoms with Gasteiger partial charge in [0.05, 0.1) is 12.7 Å². The van der Waals surface area contributed by atoms with Crippen LogP contribution in [-0.2, 0) is 14.3 Å². The molecule has 0 aromatic carbocycles. The SMILES string of the molecule is NCC1CCCC1NC(=O)CCOC1CCOCC1. The molecule has 19 heavy (non-hydrogen) atoms. The Bertz CT molecular complexity index is 280. The normalized spacial score (nSPS) is 28.5. The molecule has 2 rings (SSSR count). The maximum atomic E-state index is 11.8. The average Bonchev–Trinajstić information content (AvgIpc) is 2.87. The molecular weight excluding hydrogens is 244 g/mol. The van der Waals surface area contributed by atoms with Gasteiger partial charge in [-0.05, 0) is 38.1 Å². The smallest absolute Gasteiger partial charge is 0.222 e. The van der Waals surface area contributed by atoms with Crippen LogP contribution >= 0.6 is 0 Å². The zero-order chi connectivity index (χ0) is 13.5. The molecule has 0 spiro atoms. The lowest BCUT2D eigenvalue weighted by molar-refractivity contribution is -0.124. The van der Waals surface area contributed by atoms with E-state index in [1.807, 2.05) is 0 Å². The third kappa shape index (κ3) is 4.75. The van der Waals surface area contributed by atoms with E-state index in [2.05, 4.69) is 5.32 Å². The number of carbonyl (C=O) groups is 1. The number of carbonyl (C=O) groups excluding carboxylic acids is 1. The molecule has 2 atom stereocenters. The van der Waals surface area contributed by atoms with Gasteiger partial charge in [0.2, 0.25) is 5.91 Å². The van der Waals surface area contributed by atoms with Crippen molar-refractivity contribution in [2.75, 3.05) is 26.4 Å². The Hall–Kier alpha value is -0.650. The van der Waals surface area contributed by atoms with Gasteiger partial charge in [0, 0.05) is 25.7 Å². The van der Waals surface area contributed by atoms with Crippen LogP contribution in [0.1, 0.15) is 38.5 Å². The fourth-order valence-corrected chi connectivity index (χ4v) is 2.95. The van der Waals surface area contributed by atoms with E-state index < -0.39 is 0 Å². The highest BCUT2D eigenvalue weighted by Gasteiger charge is 2.27. The first-order chi connectivity index (χ1) is 9.29. The van der Waals surface area contributed by atoms with Crippen molar-refractivity contribution < 1.29 is 14.3 Å². The van der Waals surface area contributed by atoms with E-state index >= 15 is 0 Å². The first-order valence-electron chi connectivity index (χ1n) is 7.48. The molecule has 0 aromatic heterocycles. The van der Waals surface area contributed by atoms with Crippen LogP contribution in [0.15, 0.2) is 0 Å². The van der Waals surface area contributed by atoms with Gasteiger partial charge >= 0.3 is 0 Å². The highest BCUT2D eigenvalue weighted by Crippen LogP contribution is 2.24. The molecule has 1 aliphatic carbocycles. The third-order valence-electron chi connectivity index (χ3n) is 4.16. The van der Waals surface area contributed by atoms with Crippen molar-refractivity contribution in [2.24, 2.45) is 11.7 Å². The summed E-state index contributed by atoms with van der Waals surface area (Å²) in [5, 5.41) is 3.09. The lowest BCUT2D eigenvalue weighted by Crippen LogP contribution is -2.40. The van der Waals surface area contributed by atoms with Gasteiger partial charge in [0.1, 0.15) is 0 Å². The highest BCUT2D eigenvalue weighted by atomic mass is 16.5. The van der Waals surface area contributed by atoms with Gasteiger partial charge in [0.25, 0.3) is 0 Å². The minimum absolute atomic E-state index is 0.0948. The molecule has 0 radical (unpaired) electrons. The summed E-state index contributed by atoms with van der Waals surface area (Å²) in [6, 6.07) is 0.278. The molecule has 5 heteroatoms. The van der Waals surface area contributed by atoms with Crippen molar-refractivity contribution in [3.05, 3.63) is 0 Å². The molecule has 2 unspecified atom stereocenters. The Morgan fingerprint density at radius 1 is 1.26 bits per heavy atom. The molecule has 3 N–H and O–H groups in total. The van der Waals surface area contributed by atoms with Crippen LogP contribution in [0.3, 0.4) is 0 Å². The molecule has 2 aliphatic rings. The number of hydrogen-bond acceptors (Lipinski definition) is 4. The number of ether oxygens (including phenoxy) is 2. The minimum Gasteiger partial charge on any atom is -0.381 e. The van der Waals surface area contributed by atoms with Crippen molar-refractivity contribution in [3.8, 4) is 0 Å². The van der Waals surface area contributed by atoms with Crippen molar-refractivity contribution >= 4 is 5.91 Å². The van der Waals surface area contributed by atoms with Crippen molar-refractivity contribution in [2.45, 2.75) is 50.7 Å². The van der Waals surface area contributed by atoms with Gasteiger partial charge in [-0.25, -0.2) is 0 Å². The molecule has 1 saturated heterocycles. The number of hydrogen-bond donors (Lipinski definition) is 2. The summed E-state index contributed by atoms with van der Waals surface area (Å²) in [6.45, 7) is 2.73. The van der Waals surface area contributed by atoms with Crippen LogP contribution in [0.2, 0.25) is 0 Å². The second-order valence-electron chi connectivity index (χ2n) is 5.53. The summed E-state index contributed by atoms with van der Waals surface area (Å²) < 4.78 is 11.0. The number of nitrogens with two attached hydrogens (primary N) is 1. The molecule has 2 fully saturated rings. The average molecular weight is 270 g/mol. The van der Waals surface area contributed by atoms with E-state index in [0.717, 1.165) is 38.9 Å². The van der Waals surface area contributed by atoms with Gasteiger partial charge in [0.15, 0.2) is 0 Å². The van der Waals surface area contributed by atoms with Crippen LogP contribution in [0.4, 0.5) is 0 Å². The summed E-state index contributed by atoms with van der Waals surface area (Å²) in [5.74, 6) is 0.553. The van der Waals surface area contributed by atoms with E-state index in [4.69, 9.17) is 15.2 Å². The second kappa shape index (κ2) is 7.82. The summed E-state index contributed by atoms with van der Waals surface area (Å²) in [4.78, 5) is 11.8. The summed E-state index contributed by atoms with van der Waals surface area (Å²) in [7, 11) is 0. The Balaban J connectivity index is 1.59. The molecule has 0 aromatic rings. The van der Waals surface area contributed by atoms with Gasteiger partial charge in [-0.1, -0.05) is 6.42 Å². The topological polar surface area (TPSA) is 73.6 Å². The van der Waals surface area contributed by atoms with Crippen LogP contribution in [0.5, 0.6) is 0 Å². The van der Waals surface area contributed by atoms with E-state index in [0.29, 0.717) is 25.5 Å². The maximum Gasteiger partial charge on any atom is 0.222 e. The fourth-order valence-electron chi connectivity index (χ4n) is 2.95. The Kier molecular flexibility index (Phi) is 6.07.